The summed E-state index contributed by atoms with van der Waals surface area (Å²) in [6.45, 7) is 0.446. The number of ether oxygens (including phenoxy) is 1. The molecule has 3 N–H and O–H groups in total. The Bertz CT molecular complexity index is 399. The molecule has 0 saturated heterocycles. The number of rotatable bonds is 5. The highest BCUT2D eigenvalue weighted by atomic mass is 19.1. The largest absolute Gasteiger partial charge is 0.491 e. The van der Waals surface area contributed by atoms with Gasteiger partial charge in [-0.15, -0.1) is 0 Å². The molecule has 1 aromatic carbocycles. The molecule has 0 spiro atoms. The van der Waals surface area contributed by atoms with E-state index in [4.69, 9.17) is 10.5 Å². The molecule has 0 aliphatic heterocycles. The number of para-hydroxylation sites is 1. The van der Waals surface area contributed by atoms with Crippen LogP contribution in [0.25, 0.3) is 0 Å². The summed E-state index contributed by atoms with van der Waals surface area (Å²) in [6.07, 6.45) is 3.67. The molecule has 0 heterocycles. The Morgan fingerprint density at radius 1 is 1.44 bits per heavy atom. The Labute approximate surface area is 107 Å². The molecule has 1 aliphatic rings. The van der Waals surface area contributed by atoms with Gasteiger partial charge in [0.15, 0.2) is 11.6 Å². The maximum Gasteiger partial charge on any atom is 0.165 e. The van der Waals surface area contributed by atoms with Crippen molar-refractivity contribution in [3.05, 3.63) is 30.1 Å². The van der Waals surface area contributed by atoms with Crippen LogP contribution in [-0.4, -0.2) is 23.9 Å². The first-order valence-electron chi connectivity index (χ1n) is 6.43. The average molecular weight is 253 g/mol. The lowest BCUT2D eigenvalue weighted by Gasteiger charge is -2.29. The molecule has 1 saturated carbocycles. The molecule has 2 unspecified atom stereocenters. The van der Waals surface area contributed by atoms with Gasteiger partial charge in [0.25, 0.3) is 0 Å². The summed E-state index contributed by atoms with van der Waals surface area (Å²) in [6, 6.07) is 6.38. The van der Waals surface area contributed by atoms with E-state index < -0.39 is 5.54 Å². The zero-order valence-corrected chi connectivity index (χ0v) is 10.4. The Kier molecular flexibility index (Phi) is 4.19. The Balaban J connectivity index is 1.84. The SMILES string of the molecule is NC1(CO)CCCC1CCOc1ccccc1F. The van der Waals surface area contributed by atoms with Crippen molar-refractivity contribution >= 4 is 0 Å². The summed E-state index contributed by atoms with van der Waals surface area (Å²) in [5.41, 5.74) is 5.66. The summed E-state index contributed by atoms with van der Waals surface area (Å²) < 4.78 is 18.7. The summed E-state index contributed by atoms with van der Waals surface area (Å²) in [5, 5.41) is 9.33. The van der Waals surface area contributed by atoms with Crippen LogP contribution in [0.15, 0.2) is 24.3 Å². The maximum absolute atomic E-state index is 13.3. The first kappa shape index (κ1) is 13.3. The van der Waals surface area contributed by atoms with E-state index in [0.29, 0.717) is 6.61 Å². The molecule has 1 aliphatic carbocycles. The van der Waals surface area contributed by atoms with Gasteiger partial charge in [0.2, 0.25) is 0 Å². The first-order valence-corrected chi connectivity index (χ1v) is 6.43. The number of halogens is 1. The molecule has 100 valence electrons. The minimum atomic E-state index is -0.474. The lowest BCUT2D eigenvalue weighted by Crippen LogP contribution is -2.47. The van der Waals surface area contributed by atoms with Crippen molar-refractivity contribution < 1.29 is 14.2 Å². The van der Waals surface area contributed by atoms with Gasteiger partial charge >= 0.3 is 0 Å². The third-order valence-electron chi connectivity index (χ3n) is 3.86. The van der Waals surface area contributed by atoms with E-state index in [1.165, 1.54) is 6.07 Å². The fraction of sp³-hybridized carbons (Fsp3) is 0.571. The van der Waals surface area contributed by atoms with E-state index in [1.54, 1.807) is 18.2 Å². The van der Waals surface area contributed by atoms with Crippen molar-refractivity contribution in [3.8, 4) is 5.75 Å². The average Bonchev–Trinajstić information content (AvgIpc) is 2.74. The van der Waals surface area contributed by atoms with Crippen LogP contribution in [0.2, 0.25) is 0 Å². The Morgan fingerprint density at radius 2 is 2.22 bits per heavy atom. The lowest BCUT2D eigenvalue weighted by atomic mass is 9.87. The van der Waals surface area contributed by atoms with Crippen LogP contribution in [0.4, 0.5) is 4.39 Å². The number of hydrogen-bond acceptors (Lipinski definition) is 3. The molecular weight excluding hydrogens is 233 g/mol. The van der Waals surface area contributed by atoms with E-state index in [2.05, 4.69) is 0 Å². The predicted octanol–water partition coefficient (Wildman–Crippen LogP) is 2.08. The molecule has 3 nitrogen and oxygen atoms in total. The summed E-state index contributed by atoms with van der Waals surface area (Å²) in [5.74, 6) is 0.196. The van der Waals surface area contributed by atoms with E-state index in [9.17, 15) is 9.50 Å². The highest BCUT2D eigenvalue weighted by molar-refractivity contribution is 5.23. The van der Waals surface area contributed by atoms with Crippen LogP contribution in [0, 0.1) is 11.7 Å². The van der Waals surface area contributed by atoms with Gasteiger partial charge in [-0.2, -0.15) is 0 Å². The quantitative estimate of drug-likeness (QED) is 0.844. The molecule has 0 amide bonds. The second-order valence-electron chi connectivity index (χ2n) is 5.05. The third kappa shape index (κ3) is 2.82. The van der Waals surface area contributed by atoms with Crippen LogP contribution in [0.5, 0.6) is 5.75 Å². The summed E-state index contributed by atoms with van der Waals surface area (Å²) >= 11 is 0. The number of nitrogens with two attached hydrogens (primary N) is 1. The van der Waals surface area contributed by atoms with Gasteiger partial charge in [0.1, 0.15) is 0 Å². The van der Waals surface area contributed by atoms with Crippen LogP contribution in [-0.2, 0) is 0 Å². The van der Waals surface area contributed by atoms with Crippen molar-refractivity contribution in [2.45, 2.75) is 31.2 Å². The fourth-order valence-electron chi connectivity index (χ4n) is 2.68. The van der Waals surface area contributed by atoms with Crippen molar-refractivity contribution in [2.75, 3.05) is 13.2 Å². The van der Waals surface area contributed by atoms with Gasteiger partial charge in [-0.25, -0.2) is 4.39 Å². The van der Waals surface area contributed by atoms with Gasteiger partial charge < -0.3 is 15.6 Å². The molecule has 18 heavy (non-hydrogen) atoms. The molecular formula is C14H20FNO2. The Hall–Kier alpha value is -1.13. The van der Waals surface area contributed by atoms with Crippen molar-refractivity contribution in [3.63, 3.8) is 0 Å². The third-order valence-corrected chi connectivity index (χ3v) is 3.86. The highest BCUT2D eigenvalue weighted by Crippen LogP contribution is 2.35. The minimum Gasteiger partial charge on any atom is -0.491 e. The second kappa shape index (κ2) is 5.67. The summed E-state index contributed by atoms with van der Waals surface area (Å²) in [4.78, 5) is 0. The minimum absolute atomic E-state index is 0.0113. The number of aliphatic hydroxyl groups excluding tert-OH is 1. The first-order chi connectivity index (χ1) is 8.65. The van der Waals surface area contributed by atoms with Crippen LogP contribution in [0.3, 0.4) is 0 Å². The predicted molar refractivity (Wildman–Crippen MR) is 67.9 cm³/mol. The van der Waals surface area contributed by atoms with Gasteiger partial charge in [-0.05, 0) is 37.3 Å². The van der Waals surface area contributed by atoms with Crippen molar-refractivity contribution in [1.82, 2.24) is 0 Å². The van der Waals surface area contributed by atoms with Gasteiger partial charge in [0.05, 0.1) is 13.2 Å². The van der Waals surface area contributed by atoms with Gasteiger partial charge in [-0.3, -0.25) is 0 Å². The van der Waals surface area contributed by atoms with E-state index in [-0.39, 0.29) is 24.1 Å². The summed E-state index contributed by atoms with van der Waals surface area (Å²) in [7, 11) is 0. The Morgan fingerprint density at radius 3 is 2.94 bits per heavy atom. The van der Waals surface area contributed by atoms with Gasteiger partial charge in [-0.1, -0.05) is 18.6 Å². The van der Waals surface area contributed by atoms with Crippen molar-refractivity contribution in [1.29, 1.82) is 0 Å². The molecule has 2 rings (SSSR count). The van der Waals surface area contributed by atoms with Crippen LogP contribution < -0.4 is 10.5 Å². The van der Waals surface area contributed by atoms with Crippen LogP contribution in [0.1, 0.15) is 25.7 Å². The normalized spacial score (nSPS) is 27.4. The van der Waals surface area contributed by atoms with E-state index >= 15 is 0 Å². The number of aliphatic hydroxyl groups is 1. The van der Waals surface area contributed by atoms with Crippen molar-refractivity contribution in [2.24, 2.45) is 11.7 Å². The lowest BCUT2D eigenvalue weighted by molar-refractivity contribution is 0.142. The molecule has 2 atom stereocenters. The topological polar surface area (TPSA) is 55.5 Å². The van der Waals surface area contributed by atoms with Gasteiger partial charge in [0, 0.05) is 5.54 Å². The smallest absolute Gasteiger partial charge is 0.165 e. The zero-order valence-electron chi connectivity index (χ0n) is 10.4. The molecule has 1 aromatic rings. The molecule has 0 radical (unpaired) electrons. The second-order valence-corrected chi connectivity index (χ2v) is 5.05. The number of benzene rings is 1. The molecule has 1 fully saturated rings. The monoisotopic (exact) mass is 253 g/mol. The maximum atomic E-state index is 13.3. The van der Waals surface area contributed by atoms with E-state index in [0.717, 1.165) is 25.7 Å². The molecule has 0 bridgehead atoms. The van der Waals surface area contributed by atoms with E-state index in [1.807, 2.05) is 0 Å². The highest BCUT2D eigenvalue weighted by Gasteiger charge is 2.38. The standard InChI is InChI=1S/C14H20FNO2/c15-12-5-1-2-6-13(12)18-9-7-11-4-3-8-14(11,16)10-17/h1-2,5-6,11,17H,3-4,7-10,16H2. The zero-order chi connectivity index (χ0) is 13.0. The number of hydrogen-bond donors (Lipinski definition) is 2. The van der Waals surface area contributed by atoms with Crippen LogP contribution >= 0.6 is 0 Å². The molecule has 0 aromatic heterocycles. The molecule has 4 heteroatoms. The fourth-order valence-corrected chi connectivity index (χ4v) is 2.68.